The lowest BCUT2D eigenvalue weighted by atomic mass is 10.1. The summed E-state index contributed by atoms with van der Waals surface area (Å²) in [7, 11) is 0. The number of hydrogen-bond acceptors (Lipinski definition) is 2. The van der Waals surface area contributed by atoms with E-state index in [1.165, 1.54) is 0 Å². The minimum Gasteiger partial charge on any atom is -0.457 e. The van der Waals surface area contributed by atoms with Crippen LogP contribution >= 0.6 is 27.5 Å². The fraction of sp³-hybridized carbons (Fsp3) is 0.250. The lowest BCUT2D eigenvalue weighted by Gasteiger charge is -2.15. The molecule has 0 aliphatic carbocycles. The smallest absolute Gasteiger partial charge is 0.133 e. The van der Waals surface area contributed by atoms with Crippen molar-refractivity contribution in [3.8, 4) is 11.5 Å². The predicted octanol–water partition coefficient (Wildman–Crippen LogP) is 5.53. The molecule has 1 atom stereocenters. The molecular weight excluding hydrogens is 338 g/mol. The molecule has 0 spiro atoms. The molecule has 106 valence electrons. The van der Waals surface area contributed by atoms with E-state index in [1.54, 1.807) is 0 Å². The molecule has 0 aliphatic rings. The van der Waals surface area contributed by atoms with Gasteiger partial charge in [0, 0.05) is 21.1 Å². The maximum Gasteiger partial charge on any atom is 0.133 e. The summed E-state index contributed by atoms with van der Waals surface area (Å²) < 4.78 is 6.96. The van der Waals surface area contributed by atoms with Gasteiger partial charge in [-0.15, -0.1) is 0 Å². The molecule has 2 aromatic rings. The van der Waals surface area contributed by atoms with E-state index < -0.39 is 0 Å². The van der Waals surface area contributed by atoms with Crippen LogP contribution in [-0.4, -0.2) is 0 Å². The van der Waals surface area contributed by atoms with Gasteiger partial charge in [0.15, 0.2) is 0 Å². The first kappa shape index (κ1) is 15.4. The quantitative estimate of drug-likeness (QED) is 0.786. The minimum atomic E-state index is -0.0902. The van der Waals surface area contributed by atoms with Crippen LogP contribution < -0.4 is 10.5 Å². The minimum absolute atomic E-state index is 0.0902. The van der Waals surface area contributed by atoms with Gasteiger partial charge in [-0.1, -0.05) is 33.6 Å². The molecule has 0 fully saturated rings. The summed E-state index contributed by atoms with van der Waals surface area (Å²) in [6.45, 7) is 5.87. The Morgan fingerprint density at radius 3 is 2.30 bits per heavy atom. The van der Waals surface area contributed by atoms with Crippen molar-refractivity contribution in [3.63, 3.8) is 0 Å². The molecule has 4 heteroatoms. The molecule has 0 saturated carbocycles. The van der Waals surface area contributed by atoms with Gasteiger partial charge in [-0.2, -0.15) is 0 Å². The summed E-state index contributed by atoms with van der Waals surface area (Å²) in [6, 6.07) is 9.64. The molecule has 0 heterocycles. The van der Waals surface area contributed by atoms with Crippen LogP contribution in [0.25, 0.3) is 0 Å². The molecule has 2 rings (SSSR count). The molecule has 1 unspecified atom stereocenters. The lowest BCUT2D eigenvalue weighted by molar-refractivity contribution is 0.471. The average Bonchev–Trinajstić information content (AvgIpc) is 2.35. The van der Waals surface area contributed by atoms with Crippen LogP contribution in [0.4, 0.5) is 0 Å². The largest absolute Gasteiger partial charge is 0.457 e. The third kappa shape index (κ3) is 3.35. The van der Waals surface area contributed by atoms with E-state index in [0.29, 0.717) is 0 Å². The first-order valence-corrected chi connectivity index (χ1v) is 7.55. The molecule has 0 saturated heterocycles. The highest BCUT2D eigenvalue weighted by molar-refractivity contribution is 9.10. The topological polar surface area (TPSA) is 35.2 Å². The highest BCUT2D eigenvalue weighted by Gasteiger charge is 2.11. The molecule has 2 N–H and O–H groups in total. The van der Waals surface area contributed by atoms with E-state index in [1.807, 2.05) is 51.1 Å². The maximum atomic E-state index is 6.18. The number of aryl methyl sites for hydroxylation is 2. The predicted molar refractivity (Wildman–Crippen MR) is 87.7 cm³/mol. The van der Waals surface area contributed by atoms with Gasteiger partial charge < -0.3 is 10.5 Å². The number of rotatable bonds is 3. The van der Waals surface area contributed by atoms with E-state index in [4.69, 9.17) is 22.1 Å². The zero-order valence-corrected chi connectivity index (χ0v) is 14.0. The van der Waals surface area contributed by atoms with Crippen LogP contribution in [0.1, 0.15) is 29.7 Å². The number of benzene rings is 2. The summed E-state index contributed by atoms with van der Waals surface area (Å²) >= 11 is 9.63. The molecule has 0 bridgehead atoms. The Kier molecular flexibility index (Phi) is 4.74. The second-order valence-corrected chi connectivity index (χ2v) is 6.24. The highest BCUT2D eigenvalue weighted by atomic mass is 79.9. The molecular formula is C16H17BrClNO. The van der Waals surface area contributed by atoms with Crippen LogP contribution in [0, 0.1) is 13.8 Å². The second kappa shape index (κ2) is 6.17. The molecule has 0 aliphatic heterocycles. The lowest BCUT2D eigenvalue weighted by Crippen LogP contribution is -2.06. The maximum absolute atomic E-state index is 6.18. The van der Waals surface area contributed by atoms with Gasteiger partial charge in [-0.05, 0) is 56.2 Å². The third-order valence-electron chi connectivity index (χ3n) is 3.10. The Morgan fingerprint density at radius 2 is 1.75 bits per heavy atom. The number of nitrogens with two attached hydrogens (primary N) is 1. The first-order valence-electron chi connectivity index (χ1n) is 6.38. The molecule has 0 amide bonds. The summed E-state index contributed by atoms with van der Waals surface area (Å²) in [6.07, 6.45) is 0. The summed E-state index contributed by atoms with van der Waals surface area (Å²) in [5.41, 5.74) is 8.95. The summed E-state index contributed by atoms with van der Waals surface area (Å²) in [4.78, 5) is 0. The van der Waals surface area contributed by atoms with Crippen LogP contribution in [0.5, 0.6) is 11.5 Å². The summed E-state index contributed by atoms with van der Waals surface area (Å²) in [5.74, 6) is 1.53. The van der Waals surface area contributed by atoms with Crippen molar-refractivity contribution < 1.29 is 4.74 Å². The number of halogens is 2. The van der Waals surface area contributed by atoms with Crippen LogP contribution in [0.3, 0.4) is 0 Å². The second-order valence-electron chi connectivity index (χ2n) is 4.94. The Balaban J connectivity index is 2.42. The third-order valence-corrected chi connectivity index (χ3v) is 4.19. The van der Waals surface area contributed by atoms with Crippen LogP contribution in [-0.2, 0) is 0 Å². The van der Waals surface area contributed by atoms with Gasteiger partial charge in [0.1, 0.15) is 11.5 Å². The van der Waals surface area contributed by atoms with E-state index in [0.717, 1.165) is 37.7 Å². The zero-order valence-electron chi connectivity index (χ0n) is 11.7. The van der Waals surface area contributed by atoms with Gasteiger partial charge in [-0.25, -0.2) is 0 Å². The Labute approximate surface area is 133 Å². The van der Waals surface area contributed by atoms with Gasteiger partial charge in [0.05, 0.1) is 0 Å². The van der Waals surface area contributed by atoms with Crippen molar-refractivity contribution in [2.24, 2.45) is 5.73 Å². The number of ether oxygens (including phenoxy) is 1. The summed E-state index contributed by atoms with van der Waals surface area (Å²) in [5, 5.41) is 0.777. The number of hydrogen-bond donors (Lipinski definition) is 1. The Hall–Kier alpha value is -1.03. The van der Waals surface area contributed by atoms with Gasteiger partial charge >= 0.3 is 0 Å². The van der Waals surface area contributed by atoms with Gasteiger partial charge in [0.2, 0.25) is 0 Å². The Bertz CT molecular complexity index is 617. The molecule has 20 heavy (non-hydrogen) atoms. The Morgan fingerprint density at radius 1 is 1.15 bits per heavy atom. The van der Waals surface area contributed by atoms with Crippen molar-refractivity contribution in [3.05, 3.63) is 56.5 Å². The monoisotopic (exact) mass is 353 g/mol. The van der Waals surface area contributed by atoms with E-state index >= 15 is 0 Å². The molecule has 0 radical (unpaired) electrons. The fourth-order valence-electron chi connectivity index (χ4n) is 2.06. The van der Waals surface area contributed by atoms with Crippen LogP contribution in [0.2, 0.25) is 5.02 Å². The van der Waals surface area contributed by atoms with Crippen molar-refractivity contribution in [2.75, 3.05) is 0 Å². The van der Waals surface area contributed by atoms with E-state index in [9.17, 15) is 0 Å². The molecule has 0 aromatic heterocycles. The van der Waals surface area contributed by atoms with E-state index in [-0.39, 0.29) is 6.04 Å². The molecule has 2 aromatic carbocycles. The normalized spacial score (nSPS) is 12.3. The van der Waals surface area contributed by atoms with Crippen molar-refractivity contribution in [1.29, 1.82) is 0 Å². The SMILES string of the molecule is Cc1cc(Oc2cc(Br)ccc2C(C)N)cc(C)c1Cl. The fourth-order valence-corrected chi connectivity index (χ4v) is 2.51. The van der Waals surface area contributed by atoms with Crippen molar-refractivity contribution >= 4 is 27.5 Å². The van der Waals surface area contributed by atoms with Crippen LogP contribution in [0.15, 0.2) is 34.8 Å². The first-order chi connectivity index (χ1) is 9.38. The van der Waals surface area contributed by atoms with Gasteiger partial charge in [-0.3, -0.25) is 0 Å². The van der Waals surface area contributed by atoms with Crippen molar-refractivity contribution in [1.82, 2.24) is 0 Å². The van der Waals surface area contributed by atoms with Gasteiger partial charge in [0.25, 0.3) is 0 Å². The van der Waals surface area contributed by atoms with Crippen molar-refractivity contribution in [2.45, 2.75) is 26.8 Å². The van der Waals surface area contributed by atoms with E-state index in [2.05, 4.69) is 15.9 Å². The average molecular weight is 355 g/mol. The highest BCUT2D eigenvalue weighted by Crippen LogP contribution is 2.34. The zero-order chi connectivity index (χ0) is 14.9. The molecule has 2 nitrogen and oxygen atoms in total. The standard InChI is InChI=1S/C16H17BrClNO/c1-9-6-13(7-10(2)16(9)18)20-15-8-12(17)4-5-14(15)11(3)19/h4-8,11H,19H2,1-3H3.